The Hall–Kier alpha value is -2.59. The molecule has 1 fully saturated rings. The largest absolute Gasteiger partial charge is 0.481 e. The lowest BCUT2D eigenvalue weighted by molar-refractivity contribution is -0.142. The van der Waals surface area contributed by atoms with Gasteiger partial charge in [0.15, 0.2) is 0 Å². The van der Waals surface area contributed by atoms with Crippen molar-refractivity contribution in [1.82, 2.24) is 9.47 Å². The second-order valence-corrected chi connectivity index (χ2v) is 11.0. The van der Waals surface area contributed by atoms with Gasteiger partial charge in [0.2, 0.25) is 0 Å². The van der Waals surface area contributed by atoms with Crippen molar-refractivity contribution in [3.8, 4) is 0 Å². The van der Waals surface area contributed by atoms with E-state index in [1.54, 1.807) is 13.8 Å². The molecule has 0 radical (unpaired) electrons. The van der Waals surface area contributed by atoms with Crippen LogP contribution in [0.5, 0.6) is 0 Å². The lowest BCUT2D eigenvalue weighted by Crippen LogP contribution is -2.34. The summed E-state index contributed by atoms with van der Waals surface area (Å²) in [5, 5.41) is 10.9. The summed E-state index contributed by atoms with van der Waals surface area (Å²) in [6, 6.07) is 17.1. The van der Waals surface area contributed by atoms with Gasteiger partial charge < -0.3 is 14.6 Å². The van der Waals surface area contributed by atoms with Gasteiger partial charge in [0.05, 0.1) is 5.41 Å². The van der Waals surface area contributed by atoms with Crippen molar-refractivity contribution >= 4 is 16.9 Å². The molecule has 2 aromatic carbocycles. The first-order valence-corrected chi connectivity index (χ1v) is 12.9. The minimum Gasteiger partial charge on any atom is -0.481 e. The van der Waals surface area contributed by atoms with E-state index in [0.717, 1.165) is 38.2 Å². The predicted octanol–water partition coefficient (Wildman–Crippen LogP) is 6.47. The first-order chi connectivity index (χ1) is 16.3. The van der Waals surface area contributed by atoms with Crippen molar-refractivity contribution in [3.05, 3.63) is 71.4 Å². The van der Waals surface area contributed by atoms with E-state index in [9.17, 15) is 9.90 Å². The smallest absolute Gasteiger partial charge is 0.313 e. The van der Waals surface area contributed by atoms with Gasteiger partial charge in [-0.2, -0.15) is 0 Å². The first-order valence-electron chi connectivity index (χ1n) is 12.9. The van der Waals surface area contributed by atoms with Crippen LogP contribution in [0.4, 0.5) is 0 Å². The standard InChI is InChI=1S/C30H40N2O2/c1-22(2)13-20-32-21-27(26-7-5-6-8-28(26)32)24-15-18-31(19-16-24)17-14-23-9-11-25(12-10-23)30(3,4)29(33)34/h5-12,21-22,24H,13-20H2,1-4H3,(H,33,34). The molecule has 0 atom stereocenters. The summed E-state index contributed by atoms with van der Waals surface area (Å²) in [5.41, 5.74) is 4.21. The fraction of sp³-hybridized carbons (Fsp3) is 0.500. The molecule has 0 bridgehead atoms. The molecule has 1 aliphatic heterocycles. The Bertz CT molecular complexity index is 1100. The molecule has 34 heavy (non-hydrogen) atoms. The van der Waals surface area contributed by atoms with Crippen molar-refractivity contribution in [1.29, 1.82) is 0 Å². The average molecular weight is 461 g/mol. The summed E-state index contributed by atoms with van der Waals surface area (Å²) >= 11 is 0. The minimum absolute atomic E-state index is 0.638. The van der Waals surface area contributed by atoms with Gasteiger partial charge in [0.1, 0.15) is 0 Å². The Morgan fingerprint density at radius 2 is 1.71 bits per heavy atom. The van der Waals surface area contributed by atoms with Crippen LogP contribution in [0.2, 0.25) is 0 Å². The van der Waals surface area contributed by atoms with E-state index in [4.69, 9.17) is 0 Å². The number of fused-ring (bicyclic) bond motifs is 1. The fourth-order valence-corrected chi connectivity index (χ4v) is 5.15. The number of piperidine rings is 1. The zero-order valence-electron chi connectivity index (χ0n) is 21.3. The molecule has 4 heteroatoms. The summed E-state index contributed by atoms with van der Waals surface area (Å²) < 4.78 is 2.48. The third kappa shape index (κ3) is 5.38. The first kappa shape index (κ1) is 24.5. The highest BCUT2D eigenvalue weighted by molar-refractivity contribution is 5.84. The molecule has 1 aliphatic rings. The summed E-state index contributed by atoms with van der Waals surface area (Å²) in [5.74, 6) is 0.567. The molecule has 0 aliphatic carbocycles. The van der Waals surface area contributed by atoms with Crippen LogP contribution < -0.4 is 0 Å². The van der Waals surface area contributed by atoms with E-state index in [-0.39, 0.29) is 0 Å². The molecule has 4 nitrogen and oxygen atoms in total. The Kier molecular flexibility index (Phi) is 7.47. The summed E-state index contributed by atoms with van der Waals surface area (Å²) in [4.78, 5) is 14.1. The number of likely N-dealkylation sites (tertiary alicyclic amines) is 1. The van der Waals surface area contributed by atoms with Crippen LogP contribution in [0, 0.1) is 5.92 Å². The SMILES string of the molecule is CC(C)CCn1cc(C2CCN(CCc3ccc(C(C)(C)C(=O)O)cc3)CC2)c2ccccc21. The van der Waals surface area contributed by atoms with E-state index in [2.05, 4.69) is 65.9 Å². The second-order valence-electron chi connectivity index (χ2n) is 11.0. The number of aryl methyl sites for hydroxylation is 1. The van der Waals surface area contributed by atoms with Crippen molar-refractivity contribution in [2.45, 2.75) is 71.3 Å². The lowest BCUT2D eigenvalue weighted by Gasteiger charge is -2.32. The zero-order valence-corrected chi connectivity index (χ0v) is 21.3. The number of hydrogen-bond acceptors (Lipinski definition) is 2. The molecular weight excluding hydrogens is 420 g/mol. The van der Waals surface area contributed by atoms with Gasteiger partial charge >= 0.3 is 5.97 Å². The Balaban J connectivity index is 1.34. The summed E-state index contributed by atoms with van der Waals surface area (Å²) in [6.07, 6.45) is 7.08. The van der Waals surface area contributed by atoms with Crippen LogP contribution in [-0.4, -0.2) is 40.2 Å². The van der Waals surface area contributed by atoms with Gasteiger partial charge in [-0.05, 0) is 87.2 Å². The highest BCUT2D eigenvalue weighted by Crippen LogP contribution is 2.35. The monoisotopic (exact) mass is 460 g/mol. The number of rotatable bonds is 9. The second kappa shape index (κ2) is 10.4. The van der Waals surface area contributed by atoms with E-state index < -0.39 is 11.4 Å². The van der Waals surface area contributed by atoms with Crippen LogP contribution in [0.25, 0.3) is 10.9 Å². The van der Waals surface area contributed by atoms with Gasteiger partial charge in [-0.25, -0.2) is 0 Å². The van der Waals surface area contributed by atoms with E-state index in [1.165, 1.54) is 41.3 Å². The normalized spacial score (nSPS) is 15.9. The van der Waals surface area contributed by atoms with Crippen molar-refractivity contribution in [2.75, 3.05) is 19.6 Å². The van der Waals surface area contributed by atoms with Crippen molar-refractivity contribution < 1.29 is 9.90 Å². The molecule has 0 spiro atoms. The molecule has 4 rings (SSSR count). The Morgan fingerprint density at radius 1 is 1.03 bits per heavy atom. The van der Waals surface area contributed by atoms with Crippen LogP contribution >= 0.6 is 0 Å². The van der Waals surface area contributed by atoms with E-state index in [1.807, 2.05) is 12.1 Å². The number of aliphatic carboxylic acids is 1. The third-order valence-corrected chi connectivity index (χ3v) is 7.72. The van der Waals surface area contributed by atoms with E-state index >= 15 is 0 Å². The molecule has 182 valence electrons. The fourth-order valence-electron chi connectivity index (χ4n) is 5.15. The quantitative estimate of drug-likeness (QED) is 0.398. The zero-order chi connectivity index (χ0) is 24.3. The maximum absolute atomic E-state index is 11.5. The maximum Gasteiger partial charge on any atom is 0.313 e. The molecule has 1 N–H and O–H groups in total. The maximum atomic E-state index is 11.5. The lowest BCUT2D eigenvalue weighted by atomic mass is 9.84. The van der Waals surface area contributed by atoms with Gasteiger partial charge in [-0.15, -0.1) is 0 Å². The van der Waals surface area contributed by atoms with Crippen LogP contribution in [0.1, 0.15) is 69.6 Å². The number of carboxylic acids is 1. The van der Waals surface area contributed by atoms with Gasteiger partial charge in [-0.3, -0.25) is 4.79 Å². The van der Waals surface area contributed by atoms with Crippen LogP contribution in [-0.2, 0) is 23.2 Å². The molecule has 1 saturated heterocycles. The molecule has 2 heterocycles. The summed E-state index contributed by atoms with van der Waals surface area (Å²) in [7, 11) is 0. The number of nitrogens with zero attached hydrogens (tertiary/aromatic N) is 2. The van der Waals surface area contributed by atoms with Crippen LogP contribution in [0.15, 0.2) is 54.7 Å². The van der Waals surface area contributed by atoms with Crippen molar-refractivity contribution in [2.24, 2.45) is 5.92 Å². The van der Waals surface area contributed by atoms with Crippen molar-refractivity contribution in [3.63, 3.8) is 0 Å². The van der Waals surface area contributed by atoms with Crippen LogP contribution in [0.3, 0.4) is 0 Å². The topological polar surface area (TPSA) is 45.5 Å². The average Bonchev–Trinajstić information content (AvgIpc) is 3.20. The van der Waals surface area contributed by atoms with Gasteiger partial charge in [0, 0.05) is 30.2 Å². The highest BCUT2D eigenvalue weighted by atomic mass is 16.4. The van der Waals surface area contributed by atoms with E-state index in [0.29, 0.717) is 11.8 Å². The highest BCUT2D eigenvalue weighted by Gasteiger charge is 2.29. The third-order valence-electron chi connectivity index (χ3n) is 7.72. The molecule has 0 amide bonds. The minimum atomic E-state index is -0.849. The molecular formula is C30H40N2O2. The van der Waals surface area contributed by atoms with Gasteiger partial charge in [-0.1, -0.05) is 56.3 Å². The predicted molar refractivity (Wildman–Crippen MR) is 141 cm³/mol. The Labute approximate surface area is 204 Å². The molecule has 3 aromatic rings. The number of carboxylic acid groups (broad SMARTS) is 1. The molecule has 0 unspecified atom stereocenters. The summed E-state index contributed by atoms with van der Waals surface area (Å²) in [6.45, 7) is 12.6. The van der Waals surface area contributed by atoms with Gasteiger partial charge in [0.25, 0.3) is 0 Å². The number of benzene rings is 2. The number of carbonyl (C=O) groups is 1. The number of aromatic nitrogens is 1. The Morgan fingerprint density at radius 3 is 2.35 bits per heavy atom. The molecule has 1 aromatic heterocycles. The molecule has 0 saturated carbocycles. The number of para-hydroxylation sites is 1. The number of hydrogen-bond donors (Lipinski definition) is 1.